The molecule has 3 rings (SSSR count). The molecule has 0 aliphatic heterocycles. The SMILES string of the molecule is Cc1cc(Oc2cc3ccccc3oc2=O)cc(C)c1Cl. The summed E-state index contributed by atoms with van der Waals surface area (Å²) in [6, 6.07) is 12.6. The van der Waals surface area contributed by atoms with E-state index in [1.165, 1.54) is 0 Å². The highest BCUT2D eigenvalue weighted by atomic mass is 35.5. The molecule has 0 spiro atoms. The van der Waals surface area contributed by atoms with E-state index in [9.17, 15) is 4.79 Å². The molecule has 0 saturated carbocycles. The highest BCUT2D eigenvalue weighted by molar-refractivity contribution is 6.32. The molecule has 0 amide bonds. The monoisotopic (exact) mass is 300 g/mol. The van der Waals surface area contributed by atoms with Crippen molar-refractivity contribution in [3.63, 3.8) is 0 Å². The molecule has 0 N–H and O–H groups in total. The van der Waals surface area contributed by atoms with Gasteiger partial charge < -0.3 is 9.15 Å². The second-order valence-corrected chi connectivity index (χ2v) is 5.29. The molecule has 1 heterocycles. The Morgan fingerprint density at radius 3 is 2.43 bits per heavy atom. The second kappa shape index (κ2) is 5.26. The van der Waals surface area contributed by atoms with Gasteiger partial charge in [-0.05, 0) is 49.2 Å². The fraction of sp³-hybridized carbons (Fsp3) is 0.118. The number of rotatable bonds is 2. The van der Waals surface area contributed by atoms with Crippen LogP contribution in [0, 0.1) is 13.8 Å². The zero-order chi connectivity index (χ0) is 15.0. The lowest BCUT2D eigenvalue weighted by atomic mass is 10.1. The Morgan fingerprint density at radius 2 is 1.71 bits per heavy atom. The summed E-state index contributed by atoms with van der Waals surface area (Å²) in [5, 5.41) is 1.52. The molecule has 0 aliphatic carbocycles. The average molecular weight is 301 g/mol. The van der Waals surface area contributed by atoms with E-state index >= 15 is 0 Å². The third-order valence-corrected chi connectivity index (χ3v) is 3.84. The van der Waals surface area contributed by atoms with Gasteiger partial charge in [-0.1, -0.05) is 29.8 Å². The Bertz CT molecular complexity index is 858. The molecular formula is C17H13ClO3. The van der Waals surface area contributed by atoms with Crippen LogP contribution in [0.2, 0.25) is 5.02 Å². The van der Waals surface area contributed by atoms with Gasteiger partial charge in [0.25, 0.3) is 0 Å². The van der Waals surface area contributed by atoms with E-state index in [1.54, 1.807) is 24.3 Å². The minimum atomic E-state index is -0.501. The summed E-state index contributed by atoms with van der Waals surface area (Å²) in [6.07, 6.45) is 0. The first-order valence-corrected chi connectivity index (χ1v) is 6.90. The van der Waals surface area contributed by atoms with E-state index in [0.29, 0.717) is 16.4 Å². The number of hydrogen-bond acceptors (Lipinski definition) is 3. The highest BCUT2D eigenvalue weighted by Crippen LogP contribution is 2.29. The predicted molar refractivity (Wildman–Crippen MR) is 83.5 cm³/mol. The maximum atomic E-state index is 12.0. The van der Waals surface area contributed by atoms with E-state index in [1.807, 2.05) is 32.0 Å². The van der Waals surface area contributed by atoms with Crippen LogP contribution >= 0.6 is 11.6 Å². The van der Waals surface area contributed by atoms with Crippen molar-refractivity contribution < 1.29 is 9.15 Å². The number of para-hydroxylation sites is 1. The van der Waals surface area contributed by atoms with Crippen LogP contribution in [0.15, 0.2) is 51.7 Å². The van der Waals surface area contributed by atoms with E-state index in [0.717, 1.165) is 16.5 Å². The minimum Gasteiger partial charge on any atom is -0.450 e. The second-order valence-electron chi connectivity index (χ2n) is 4.91. The molecule has 106 valence electrons. The maximum absolute atomic E-state index is 12.0. The number of ether oxygens (including phenoxy) is 1. The molecule has 0 atom stereocenters. The Kier molecular flexibility index (Phi) is 3.43. The number of aryl methyl sites for hydroxylation is 2. The zero-order valence-corrected chi connectivity index (χ0v) is 12.4. The molecule has 0 unspecified atom stereocenters. The lowest BCUT2D eigenvalue weighted by Crippen LogP contribution is -2.03. The van der Waals surface area contributed by atoms with Crippen LogP contribution in [0.4, 0.5) is 0 Å². The van der Waals surface area contributed by atoms with Crippen LogP contribution in [0.1, 0.15) is 11.1 Å². The van der Waals surface area contributed by atoms with Gasteiger partial charge in [0.15, 0.2) is 0 Å². The van der Waals surface area contributed by atoms with Gasteiger partial charge in [-0.25, -0.2) is 4.79 Å². The van der Waals surface area contributed by atoms with Crippen LogP contribution < -0.4 is 10.4 Å². The molecule has 2 aromatic carbocycles. The summed E-state index contributed by atoms with van der Waals surface area (Å²) in [4.78, 5) is 12.0. The van der Waals surface area contributed by atoms with Crippen molar-refractivity contribution in [3.8, 4) is 11.5 Å². The molecule has 0 aliphatic rings. The Balaban J connectivity index is 2.06. The summed E-state index contributed by atoms with van der Waals surface area (Å²) >= 11 is 6.13. The quantitative estimate of drug-likeness (QED) is 0.635. The van der Waals surface area contributed by atoms with Crippen LogP contribution in [0.3, 0.4) is 0 Å². The van der Waals surface area contributed by atoms with Gasteiger partial charge in [-0.15, -0.1) is 0 Å². The van der Waals surface area contributed by atoms with Gasteiger partial charge in [-0.3, -0.25) is 0 Å². The fourth-order valence-corrected chi connectivity index (χ4v) is 2.32. The lowest BCUT2D eigenvalue weighted by Gasteiger charge is -2.09. The van der Waals surface area contributed by atoms with E-state index in [4.69, 9.17) is 20.8 Å². The standard InChI is InChI=1S/C17H13ClO3/c1-10-7-13(8-11(2)16(10)18)20-15-9-12-5-3-4-6-14(12)21-17(15)19/h3-9H,1-2H3. The maximum Gasteiger partial charge on any atom is 0.379 e. The van der Waals surface area contributed by atoms with Crippen LogP contribution in [-0.2, 0) is 0 Å². The molecule has 0 bridgehead atoms. The van der Waals surface area contributed by atoms with Gasteiger partial charge in [0, 0.05) is 10.4 Å². The topological polar surface area (TPSA) is 39.4 Å². The van der Waals surface area contributed by atoms with Crippen molar-refractivity contribution in [3.05, 3.63) is 69.0 Å². The minimum absolute atomic E-state index is 0.162. The summed E-state index contributed by atoms with van der Waals surface area (Å²) in [5.41, 5.74) is 1.84. The Labute approximate surface area is 126 Å². The molecular weight excluding hydrogens is 288 g/mol. The Morgan fingerprint density at radius 1 is 1.05 bits per heavy atom. The lowest BCUT2D eigenvalue weighted by molar-refractivity contribution is 0.437. The summed E-state index contributed by atoms with van der Waals surface area (Å²) in [7, 11) is 0. The summed E-state index contributed by atoms with van der Waals surface area (Å²) in [6.45, 7) is 3.79. The highest BCUT2D eigenvalue weighted by Gasteiger charge is 2.09. The first kappa shape index (κ1) is 13.7. The molecule has 3 aromatic rings. The summed E-state index contributed by atoms with van der Waals surface area (Å²) in [5.74, 6) is 0.729. The van der Waals surface area contributed by atoms with Gasteiger partial charge in [0.2, 0.25) is 5.75 Å². The van der Waals surface area contributed by atoms with Crippen molar-refractivity contribution in [2.75, 3.05) is 0 Å². The Hall–Kier alpha value is -2.26. The molecule has 21 heavy (non-hydrogen) atoms. The molecule has 1 aromatic heterocycles. The van der Waals surface area contributed by atoms with Crippen LogP contribution in [0.25, 0.3) is 11.0 Å². The third-order valence-electron chi connectivity index (χ3n) is 3.25. The van der Waals surface area contributed by atoms with E-state index in [-0.39, 0.29) is 5.75 Å². The normalized spacial score (nSPS) is 10.8. The predicted octanol–water partition coefficient (Wildman–Crippen LogP) is 4.86. The first-order chi connectivity index (χ1) is 10.0. The average Bonchev–Trinajstić information content (AvgIpc) is 2.45. The van der Waals surface area contributed by atoms with Crippen molar-refractivity contribution in [1.29, 1.82) is 0 Å². The molecule has 0 radical (unpaired) electrons. The summed E-state index contributed by atoms with van der Waals surface area (Å²) < 4.78 is 10.9. The van der Waals surface area contributed by atoms with Gasteiger partial charge >= 0.3 is 5.63 Å². The third kappa shape index (κ3) is 2.65. The molecule has 4 heteroatoms. The molecule has 3 nitrogen and oxygen atoms in total. The number of hydrogen-bond donors (Lipinski definition) is 0. The van der Waals surface area contributed by atoms with Crippen molar-refractivity contribution in [2.45, 2.75) is 13.8 Å². The van der Waals surface area contributed by atoms with Gasteiger partial charge in [0.05, 0.1) is 0 Å². The number of fused-ring (bicyclic) bond motifs is 1. The zero-order valence-electron chi connectivity index (χ0n) is 11.6. The van der Waals surface area contributed by atoms with E-state index in [2.05, 4.69) is 0 Å². The van der Waals surface area contributed by atoms with Crippen LogP contribution in [0.5, 0.6) is 11.5 Å². The molecule has 0 fully saturated rings. The van der Waals surface area contributed by atoms with Crippen LogP contribution in [-0.4, -0.2) is 0 Å². The molecule has 0 saturated heterocycles. The van der Waals surface area contributed by atoms with Gasteiger partial charge in [-0.2, -0.15) is 0 Å². The van der Waals surface area contributed by atoms with E-state index < -0.39 is 5.63 Å². The first-order valence-electron chi connectivity index (χ1n) is 6.52. The number of halogens is 1. The van der Waals surface area contributed by atoms with Gasteiger partial charge in [0.1, 0.15) is 11.3 Å². The van der Waals surface area contributed by atoms with Crippen molar-refractivity contribution in [2.24, 2.45) is 0 Å². The number of benzene rings is 2. The van der Waals surface area contributed by atoms with Crippen molar-refractivity contribution in [1.82, 2.24) is 0 Å². The fourth-order valence-electron chi connectivity index (χ4n) is 2.21. The largest absolute Gasteiger partial charge is 0.450 e. The van der Waals surface area contributed by atoms with Crippen molar-refractivity contribution >= 4 is 22.6 Å². The smallest absolute Gasteiger partial charge is 0.379 e.